The van der Waals surface area contributed by atoms with E-state index in [1.165, 1.54) is 0 Å². The summed E-state index contributed by atoms with van der Waals surface area (Å²) in [7, 11) is 0. The van der Waals surface area contributed by atoms with Gasteiger partial charge in [0.2, 0.25) is 0 Å². The molecule has 1 aliphatic heterocycles. The van der Waals surface area contributed by atoms with Crippen molar-refractivity contribution in [3.63, 3.8) is 0 Å². The molecule has 1 aromatic heterocycles. The van der Waals surface area contributed by atoms with Gasteiger partial charge in [-0.05, 0) is 92.3 Å². The molecule has 2 aromatic carbocycles. The van der Waals surface area contributed by atoms with Crippen LogP contribution in [0.4, 0.5) is 5.69 Å². The third kappa shape index (κ3) is 6.22. The molecule has 2 aliphatic rings. The lowest BCUT2D eigenvalue weighted by Gasteiger charge is -2.32. The highest BCUT2D eigenvalue weighted by molar-refractivity contribution is 6.24. The summed E-state index contributed by atoms with van der Waals surface area (Å²) in [6.07, 6.45) is 5.44. The van der Waals surface area contributed by atoms with Crippen LogP contribution in [0.25, 0.3) is 22.6 Å². The normalized spacial score (nSPS) is 16.8. The van der Waals surface area contributed by atoms with Crippen LogP contribution in [-0.2, 0) is 10.2 Å². The second-order valence-corrected chi connectivity index (χ2v) is 14.1. The van der Waals surface area contributed by atoms with E-state index in [2.05, 4.69) is 103 Å². The maximum Gasteiger partial charge on any atom is 0.367 e. The van der Waals surface area contributed by atoms with Gasteiger partial charge < -0.3 is 19.2 Å². The molecule has 0 fully saturated rings. The highest BCUT2D eigenvalue weighted by Crippen LogP contribution is 2.43. The van der Waals surface area contributed by atoms with E-state index in [9.17, 15) is 9.90 Å². The Morgan fingerprint density at radius 1 is 0.870 bits per heavy atom. The van der Waals surface area contributed by atoms with E-state index >= 15 is 0 Å². The van der Waals surface area contributed by atoms with E-state index in [1.54, 1.807) is 12.2 Å². The smallest absolute Gasteiger partial charge is 0.367 e. The molecule has 6 heteroatoms. The van der Waals surface area contributed by atoms with Gasteiger partial charge in [-0.2, -0.15) is 4.58 Å². The number of nitrogens with zero attached hydrogens (tertiary/aromatic N) is 2. The Morgan fingerprint density at radius 2 is 1.57 bits per heavy atom. The topological polar surface area (TPSA) is 68.8 Å². The molecule has 0 saturated heterocycles. The first-order valence-corrected chi connectivity index (χ1v) is 16.6. The molecule has 0 atom stereocenters. The van der Waals surface area contributed by atoms with Gasteiger partial charge in [-0.3, -0.25) is 4.79 Å². The van der Waals surface area contributed by atoms with Gasteiger partial charge in [-0.25, -0.2) is 0 Å². The Balaban J connectivity index is 1.63. The molecule has 5 rings (SSSR count). The molecule has 3 aromatic rings. The fraction of sp³-hybridized carbons (Fsp3) is 0.400. The largest absolute Gasteiger partial charge is 0.871 e. The number of fused-ring (bicyclic) bond motifs is 2. The second-order valence-electron chi connectivity index (χ2n) is 14.1. The summed E-state index contributed by atoms with van der Waals surface area (Å²) >= 11 is 0. The number of carbonyl (C=O) groups is 1. The summed E-state index contributed by atoms with van der Waals surface area (Å²) < 4.78 is 15.0. The zero-order chi connectivity index (χ0) is 33.6. The molecule has 0 saturated carbocycles. The number of ketones is 1. The van der Waals surface area contributed by atoms with Gasteiger partial charge in [0.15, 0.2) is 5.78 Å². The molecule has 0 bridgehead atoms. The molecule has 46 heavy (non-hydrogen) atoms. The van der Waals surface area contributed by atoms with Crippen LogP contribution in [0, 0.1) is 5.41 Å². The molecule has 0 unspecified atom stereocenters. The third-order valence-corrected chi connectivity index (χ3v) is 8.95. The quantitative estimate of drug-likeness (QED) is 0.204. The first-order valence-electron chi connectivity index (χ1n) is 16.6. The number of anilines is 1. The molecule has 2 heterocycles. The maximum atomic E-state index is 13.6. The van der Waals surface area contributed by atoms with Crippen molar-refractivity contribution < 1.29 is 19.1 Å². The Labute approximate surface area is 273 Å². The SMILES string of the molecule is CCN(CC)c1ccc2c(c1)OC(C(C)(C)C)=C/C2=C\C1=C([O-])C(=C/c2cc(C(C)(C)C)cc3oc(=[N+](CC)CC)ccc23)/C1=O. The number of Topliss-reactive ketones (excluding diaryl/α,β-unsaturated/α-hetero) is 1. The molecule has 0 N–H and O–H groups in total. The molecular formula is C40H48N2O4. The third-order valence-electron chi connectivity index (χ3n) is 8.95. The van der Waals surface area contributed by atoms with Gasteiger partial charge >= 0.3 is 5.55 Å². The number of hydrogen-bond donors (Lipinski definition) is 0. The minimum atomic E-state index is -0.263. The van der Waals surface area contributed by atoms with E-state index in [0.29, 0.717) is 0 Å². The van der Waals surface area contributed by atoms with Crippen LogP contribution in [0.2, 0.25) is 0 Å². The van der Waals surface area contributed by atoms with Crippen LogP contribution in [0.5, 0.6) is 5.75 Å². The Bertz CT molecular complexity index is 1890. The van der Waals surface area contributed by atoms with Gasteiger partial charge in [0, 0.05) is 52.4 Å². The summed E-state index contributed by atoms with van der Waals surface area (Å²) in [5.41, 5.74) is 6.11. The van der Waals surface area contributed by atoms with Crippen molar-refractivity contribution in [1.29, 1.82) is 0 Å². The lowest BCUT2D eigenvalue weighted by molar-refractivity contribution is -0.300. The van der Waals surface area contributed by atoms with Crippen molar-refractivity contribution in [2.75, 3.05) is 31.1 Å². The highest BCUT2D eigenvalue weighted by Gasteiger charge is 2.30. The minimum absolute atomic E-state index is 0.157. The fourth-order valence-corrected chi connectivity index (χ4v) is 5.95. The summed E-state index contributed by atoms with van der Waals surface area (Å²) in [5.74, 6) is 1.03. The van der Waals surface area contributed by atoms with Crippen molar-refractivity contribution in [1.82, 2.24) is 4.58 Å². The average Bonchev–Trinajstić information content (AvgIpc) is 3.01. The number of benzene rings is 2. The summed E-state index contributed by atoms with van der Waals surface area (Å²) in [5, 5.41) is 14.5. The van der Waals surface area contributed by atoms with Gasteiger partial charge in [-0.15, -0.1) is 0 Å². The summed E-state index contributed by atoms with van der Waals surface area (Å²) in [6.45, 7) is 24.6. The number of hydrogen-bond acceptors (Lipinski definition) is 5. The first-order chi connectivity index (χ1) is 21.7. The molecule has 242 valence electrons. The fourth-order valence-electron chi connectivity index (χ4n) is 5.95. The maximum absolute atomic E-state index is 13.6. The molecule has 1 aliphatic carbocycles. The van der Waals surface area contributed by atoms with Crippen molar-refractivity contribution in [3.05, 3.63) is 99.5 Å². The Hall–Kier alpha value is -4.32. The molecule has 6 nitrogen and oxygen atoms in total. The van der Waals surface area contributed by atoms with E-state index in [0.717, 1.165) is 82.2 Å². The Kier molecular flexibility index (Phi) is 8.96. The first kappa shape index (κ1) is 33.1. The number of carbonyl (C=O) groups excluding carboxylic acids is 1. The number of ether oxygens (including phenoxy) is 1. The van der Waals surface area contributed by atoms with Crippen molar-refractivity contribution in [2.45, 2.75) is 74.7 Å². The zero-order valence-electron chi connectivity index (χ0n) is 29.1. The van der Waals surface area contributed by atoms with Crippen LogP contribution < -0.4 is 24.9 Å². The van der Waals surface area contributed by atoms with Gasteiger partial charge in [0.05, 0.1) is 6.07 Å². The standard InChI is InChI=1S/C40H48N2O4/c1-11-41(12-2)28-15-16-29-26(22-35(40(8,9)10)45-34(29)24-28)21-32-37(43)31(38(32)44)20-25-19-27(39(5,6)7)23-33-30(25)17-18-36(46-33)42(13-3)14-4/h15-24H,11-14H2,1-10H3. The van der Waals surface area contributed by atoms with Gasteiger partial charge in [0.25, 0.3) is 0 Å². The lowest BCUT2D eigenvalue weighted by atomic mass is 9.82. The van der Waals surface area contributed by atoms with Crippen LogP contribution in [0.1, 0.15) is 85.9 Å². The monoisotopic (exact) mass is 620 g/mol. The van der Waals surface area contributed by atoms with Crippen LogP contribution in [0.15, 0.2) is 81.7 Å². The molecule has 0 spiro atoms. The van der Waals surface area contributed by atoms with Crippen molar-refractivity contribution in [3.8, 4) is 5.75 Å². The number of allylic oxidation sites excluding steroid dienone is 6. The predicted molar refractivity (Wildman–Crippen MR) is 187 cm³/mol. The Morgan fingerprint density at radius 3 is 2.15 bits per heavy atom. The number of rotatable bonds is 7. The summed E-state index contributed by atoms with van der Waals surface area (Å²) in [6, 6.07) is 14.3. The van der Waals surface area contributed by atoms with E-state index < -0.39 is 0 Å². The zero-order valence-corrected chi connectivity index (χ0v) is 29.1. The van der Waals surface area contributed by atoms with Crippen molar-refractivity contribution in [2.24, 2.45) is 5.41 Å². The molecular weight excluding hydrogens is 572 g/mol. The summed E-state index contributed by atoms with van der Waals surface area (Å²) in [4.78, 5) is 15.9. The van der Waals surface area contributed by atoms with Gasteiger partial charge in [-0.1, -0.05) is 53.4 Å². The minimum Gasteiger partial charge on any atom is -0.871 e. The predicted octanol–water partition coefficient (Wildman–Crippen LogP) is 7.38. The molecule has 0 amide bonds. The molecule has 0 radical (unpaired) electrons. The van der Waals surface area contributed by atoms with E-state index in [-0.39, 0.29) is 33.5 Å². The van der Waals surface area contributed by atoms with E-state index in [4.69, 9.17) is 9.15 Å². The van der Waals surface area contributed by atoms with Crippen molar-refractivity contribution >= 4 is 34.1 Å². The van der Waals surface area contributed by atoms with Crippen LogP contribution >= 0.6 is 0 Å². The lowest BCUT2D eigenvalue weighted by Crippen LogP contribution is -2.29. The average molecular weight is 621 g/mol. The van der Waals surface area contributed by atoms with Crippen LogP contribution in [-0.4, -0.2) is 32.0 Å². The highest BCUT2D eigenvalue weighted by atomic mass is 16.5. The second kappa shape index (κ2) is 12.5. The van der Waals surface area contributed by atoms with Crippen LogP contribution in [0.3, 0.4) is 0 Å². The van der Waals surface area contributed by atoms with Gasteiger partial charge in [0.1, 0.15) is 30.2 Å². The van der Waals surface area contributed by atoms with E-state index in [1.807, 2.05) is 24.3 Å².